The number of pyridine rings is 1. The fourth-order valence-electron chi connectivity index (χ4n) is 3.58. The van der Waals surface area contributed by atoms with Crippen molar-refractivity contribution in [3.05, 3.63) is 64.2 Å². The molecular weight excluding hydrogens is 538 g/mol. The highest BCUT2D eigenvalue weighted by molar-refractivity contribution is 6.39. The molecule has 9 nitrogen and oxygen atoms in total. The summed E-state index contributed by atoms with van der Waals surface area (Å²) in [5.41, 5.74) is -2.21. The third kappa shape index (κ3) is 5.16. The van der Waals surface area contributed by atoms with E-state index in [4.69, 9.17) is 32.5 Å². The average Bonchev–Trinajstić information content (AvgIpc) is 3.43. The maximum Gasteiger partial charge on any atom is 0.434 e. The summed E-state index contributed by atoms with van der Waals surface area (Å²) >= 11 is 12.4. The van der Waals surface area contributed by atoms with E-state index in [0.29, 0.717) is 4.68 Å². The lowest BCUT2D eigenvalue weighted by Gasteiger charge is -2.13. The van der Waals surface area contributed by atoms with Crippen LogP contribution in [0.25, 0.3) is 28.3 Å². The van der Waals surface area contributed by atoms with Crippen molar-refractivity contribution in [1.29, 1.82) is 0 Å². The van der Waals surface area contributed by atoms with Gasteiger partial charge in [-0.15, -0.1) is 0 Å². The van der Waals surface area contributed by atoms with Gasteiger partial charge in [0.25, 0.3) is 0 Å². The Bertz CT molecular complexity index is 1480. The van der Waals surface area contributed by atoms with E-state index < -0.39 is 40.6 Å². The Morgan fingerprint density at radius 2 is 1.86 bits per heavy atom. The number of carbonyl (C=O) groups is 2. The van der Waals surface area contributed by atoms with Crippen molar-refractivity contribution < 1.29 is 32.0 Å². The minimum absolute atomic E-state index is 0.0116. The largest absolute Gasteiger partial charge is 0.462 e. The van der Waals surface area contributed by atoms with Crippen molar-refractivity contribution in [3.8, 4) is 28.3 Å². The summed E-state index contributed by atoms with van der Waals surface area (Å²) in [4.78, 5) is 28.2. The predicted molar refractivity (Wildman–Crippen MR) is 128 cm³/mol. The van der Waals surface area contributed by atoms with Crippen molar-refractivity contribution in [2.75, 3.05) is 11.9 Å². The number of rotatable bonds is 6. The summed E-state index contributed by atoms with van der Waals surface area (Å²) in [6.07, 6.45) is -1.61. The van der Waals surface area contributed by atoms with Crippen LogP contribution in [0, 0.1) is 0 Å². The van der Waals surface area contributed by atoms with Crippen molar-refractivity contribution in [2.45, 2.75) is 20.0 Å². The molecule has 1 amide bonds. The molecule has 1 N–H and O–H groups in total. The monoisotopic (exact) mass is 553 g/mol. The second-order valence-corrected chi connectivity index (χ2v) is 8.30. The van der Waals surface area contributed by atoms with Crippen LogP contribution in [-0.2, 0) is 15.7 Å². The first-order valence-corrected chi connectivity index (χ1v) is 11.3. The van der Waals surface area contributed by atoms with Gasteiger partial charge in [0.1, 0.15) is 11.3 Å². The molecule has 14 heteroatoms. The van der Waals surface area contributed by atoms with E-state index >= 15 is 0 Å². The molecule has 4 aromatic rings. The quantitative estimate of drug-likeness (QED) is 0.289. The highest BCUT2D eigenvalue weighted by atomic mass is 35.5. The number of nitrogens with zero attached hydrogens (tertiary/aromatic N) is 4. The van der Waals surface area contributed by atoms with Crippen molar-refractivity contribution >= 4 is 40.8 Å². The topological polar surface area (TPSA) is 112 Å². The zero-order chi connectivity index (χ0) is 26.9. The fraction of sp³-hybridized carbons (Fsp3) is 0.174. The fourth-order valence-corrected chi connectivity index (χ4v) is 4.12. The smallest absolute Gasteiger partial charge is 0.434 e. The Kier molecular flexibility index (Phi) is 7.23. The number of anilines is 1. The van der Waals surface area contributed by atoms with E-state index in [1.807, 2.05) is 0 Å². The van der Waals surface area contributed by atoms with Gasteiger partial charge in [-0.05, 0) is 25.1 Å². The van der Waals surface area contributed by atoms with Crippen LogP contribution in [0.15, 0.2) is 47.4 Å². The number of esters is 1. The Labute approximate surface area is 217 Å². The van der Waals surface area contributed by atoms with Gasteiger partial charge in [-0.3, -0.25) is 9.78 Å². The lowest BCUT2D eigenvalue weighted by Crippen LogP contribution is -2.15. The summed E-state index contributed by atoms with van der Waals surface area (Å²) in [6, 6.07) is 5.63. The second kappa shape index (κ2) is 10.2. The Balaban J connectivity index is 1.96. The van der Waals surface area contributed by atoms with Crippen LogP contribution in [0.3, 0.4) is 0 Å². The highest BCUT2D eigenvalue weighted by Crippen LogP contribution is 2.44. The van der Waals surface area contributed by atoms with Crippen LogP contribution in [0.5, 0.6) is 0 Å². The van der Waals surface area contributed by atoms with Crippen LogP contribution in [0.4, 0.5) is 18.9 Å². The van der Waals surface area contributed by atoms with Gasteiger partial charge in [0.2, 0.25) is 5.91 Å². The molecule has 3 heterocycles. The molecule has 0 atom stereocenters. The molecule has 0 saturated carbocycles. The summed E-state index contributed by atoms with van der Waals surface area (Å²) in [6.45, 7) is 2.71. The zero-order valence-corrected chi connectivity index (χ0v) is 20.6. The molecule has 37 heavy (non-hydrogen) atoms. The third-order valence-electron chi connectivity index (χ3n) is 4.96. The molecule has 0 fully saturated rings. The van der Waals surface area contributed by atoms with Crippen LogP contribution < -0.4 is 5.32 Å². The molecule has 0 spiro atoms. The molecule has 0 unspecified atom stereocenters. The van der Waals surface area contributed by atoms with Gasteiger partial charge in [0.15, 0.2) is 11.5 Å². The number of nitrogens with one attached hydrogen (secondary N) is 1. The van der Waals surface area contributed by atoms with E-state index in [1.165, 1.54) is 50.5 Å². The number of benzene rings is 1. The minimum atomic E-state index is -4.96. The number of alkyl halides is 3. The van der Waals surface area contributed by atoms with Gasteiger partial charge >= 0.3 is 12.1 Å². The number of carbonyl (C=O) groups excluding carboxylic acids is 2. The number of ether oxygens (including phenoxy) is 1. The first-order valence-electron chi connectivity index (χ1n) is 10.5. The molecule has 0 aliphatic carbocycles. The molecular formula is C23H16Cl2F3N5O4. The normalized spacial score (nSPS) is 11.4. The first-order chi connectivity index (χ1) is 17.5. The standard InChI is InChI=1S/C23H16Cl2F3N5O4/c1-3-36-22(35)18-19(17-15(24)9-29-10-16(17)25)32-37-20(18)14-8-30-33(21(14)23(26,27)28)13-6-4-5-12(7-13)31-11(2)34/h4-10H,3H2,1-2H3,(H,31,34). The van der Waals surface area contributed by atoms with Gasteiger partial charge in [-0.1, -0.05) is 34.4 Å². The molecule has 4 rings (SSSR count). The van der Waals surface area contributed by atoms with Crippen molar-refractivity contribution in [3.63, 3.8) is 0 Å². The number of halogens is 5. The van der Waals surface area contributed by atoms with E-state index in [-0.39, 0.29) is 39.3 Å². The predicted octanol–water partition coefficient (Wildman–Crippen LogP) is 6.05. The number of hydrogen-bond donors (Lipinski definition) is 1. The Morgan fingerprint density at radius 1 is 1.16 bits per heavy atom. The first kappa shape index (κ1) is 26.2. The van der Waals surface area contributed by atoms with E-state index in [1.54, 1.807) is 0 Å². The lowest BCUT2D eigenvalue weighted by molar-refractivity contribution is -0.142. The van der Waals surface area contributed by atoms with Gasteiger partial charge in [-0.2, -0.15) is 18.3 Å². The van der Waals surface area contributed by atoms with Crippen LogP contribution in [0.2, 0.25) is 10.0 Å². The molecule has 1 aromatic carbocycles. The molecule has 0 aliphatic heterocycles. The SMILES string of the molecule is CCOC(=O)c1c(-c2c(Cl)cncc2Cl)noc1-c1cnn(-c2cccc(NC(C)=O)c2)c1C(F)(F)F. The molecule has 0 aliphatic rings. The Hall–Kier alpha value is -3.90. The molecule has 192 valence electrons. The summed E-state index contributed by atoms with van der Waals surface area (Å²) in [7, 11) is 0. The maximum absolute atomic E-state index is 14.4. The summed E-state index contributed by atoms with van der Waals surface area (Å²) < 4.78 is 54.2. The van der Waals surface area contributed by atoms with Crippen LogP contribution >= 0.6 is 23.2 Å². The second-order valence-electron chi connectivity index (χ2n) is 7.48. The third-order valence-corrected chi connectivity index (χ3v) is 5.53. The lowest BCUT2D eigenvalue weighted by atomic mass is 10.0. The number of hydrogen-bond acceptors (Lipinski definition) is 7. The van der Waals surface area contributed by atoms with Crippen molar-refractivity contribution in [1.82, 2.24) is 19.9 Å². The Morgan fingerprint density at radius 3 is 2.49 bits per heavy atom. The van der Waals surface area contributed by atoms with E-state index in [0.717, 1.165) is 6.20 Å². The van der Waals surface area contributed by atoms with Gasteiger partial charge in [0, 0.05) is 30.6 Å². The van der Waals surface area contributed by atoms with Crippen molar-refractivity contribution in [2.24, 2.45) is 0 Å². The van der Waals surface area contributed by atoms with Gasteiger partial charge < -0.3 is 14.6 Å². The van der Waals surface area contributed by atoms with Gasteiger partial charge in [0.05, 0.1) is 34.1 Å². The van der Waals surface area contributed by atoms with E-state index in [2.05, 4.69) is 20.6 Å². The molecule has 0 radical (unpaired) electrons. The van der Waals surface area contributed by atoms with Crippen LogP contribution in [-0.4, -0.2) is 38.4 Å². The molecule has 0 saturated heterocycles. The zero-order valence-electron chi connectivity index (χ0n) is 19.1. The number of aromatic nitrogens is 4. The maximum atomic E-state index is 14.4. The molecule has 0 bridgehead atoms. The summed E-state index contributed by atoms with van der Waals surface area (Å²) in [5.74, 6) is -1.96. The number of amides is 1. The summed E-state index contributed by atoms with van der Waals surface area (Å²) in [5, 5.41) is 10.2. The highest BCUT2D eigenvalue weighted by Gasteiger charge is 2.42. The average molecular weight is 554 g/mol. The van der Waals surface area contributed by atoms with E-state index in [9.17, 15) is 22.8 Å². The molecule has 3 aromatic heterocycles. The minimum Gasteiger partial charge on any atom is -0.462 e. The van der Waals surface area contributed by atoms with Gasteiger partial charge in [-0.25, -0.2) is 9.48 Å². The van der Waals surface area contributed by atoms with Crippen LogP contribution in [0.1, 0.15) is 29.9 Å².